The van der Waals surface area contributed by atoms with Gasteiger partial charge in [-0.3, -0.25) is 4.57 Å². The SMILES string of the molecule is CCOP(=O)(Cc1cc(F)c(CC=C(C)CCC=C(C)C)c(F)c1)OCC. The smallest absolute Gasteiger partial charge is 0.309 e. The van der Waals surface area contributed by atoms with Gasteiger partial charge < -0.3 is 9.05 Å². The van der Waals surface area contributed by atoms with E-state index in [4.69, 9.17) is 9.05 Å². The fraction of sp³-hybridized carbons (Fsp3) is 0.524. The van der Waals surface area contributed by atoms with E-state index < -0.39 is 19.2 Å². The Bertz CT molecular complexity index is 689. The van der Waals surface area contributed by atoms with Gasteiger partial charge in [-0.15, -0.1) is 0 Å². The van der Waals surface area contributed by atoms with Gasteiger partial charge in [0.25, 0.3) is 0 Å². The zero-order valence-corrected chi connectivity index (χ0v) is 17.9. The van der Waals surface area contributed by atoms with Gasteiger partial charge in [0.1, 0.15) is 11.6 Å². The molecule has 0 amide bonds. The van der Waals surface area contributed by atoms with Crippen molar-refractivity contribution in [3.63, 3.8) is 0 Å². The lowest BCUT2D eigenvalue weighted by Crippen LogP contribution is -2.02. The van der Waals surface area contributed by atoms with E-state index in [9.17, 15) is 13.3 Å². The predicted octanol–water partition coefficient (Wildman–Crippen LogP) is 6.97. The van der Waals surface area contributed by atoms with E-state index in [1.807, 2.05) is 26.8 Å². The van der Waals surface area contributed by atoms with E-state index >= 15 is 0 Å². The second-order valence-electron chi connectivity index (χ2n) is 6.72. The Kier molecular flexibility index (Phi) is 10.1. The summed E-state index contributed by atoms with van der Waals surface area (Å²) >= 11 is 0. The first kappa shape index (κ1) is 23.7. The fourth-order valence-corrected chi connectivity index (χ4v) is 4.33. The molecule has 0 saturated carbocycles. The lowest BCUT2D eigenvalue weighted by molar-refractivity contribution is 0.219. The fourth-order valence-electron chi connectivity index (χ4n) is 2.65. The van der Waals surface area contributed by atoms with Crippen LogP contribution in [-0.4, -0.2) is 13.2 Å². The van der Waals surface area contributed by atoms with Crippen molar-refractivity contribution < 1.29 is 22.4 Å². The average molecular weight is 400 g/mol. The molecule has 0 atom stereocenters. The second-order valence-corrected chi connectivity index (χ2v) is 8.77. The van der Waals surface area contributed by atoms with Crippen LogP contribution in [-0.2, 0) is 26.2 Å². The van der Waals surface area contributed by atoms with Crippen LogP contribution >= 0.6 is 7.60 Å². The van der Waals surface area contributed by atoms with Gasteiger partial charge in [0.05, 0.1) is 19.4 Å². The van der Waals surface area contributed by atoms with E-state index in [2.05, 4.69) is 6.08 Å². The number of rotatable bonds is 11. The van der Waals surface area contributed by atoms with E-state index in [0.717, 1.165) is 18.4 Å². The summed E-state index contributed by atoms with van der Waals surface area (Å²) in [5.41, 5.74) is 2.63. The lowest BCUT2D eigenvalue weighted by atomic mass is 10.0. The van der Waals surface area contributed by atoms with Crippen molar-refractivity contribution in [2.24, 2.45) is 0 Å². The Morgan fingerprint density at radius 3 is 2.07 bits per heavy atom. The summed E-state index contributed by atoms with van der Waals surface area (Å²) in [6.07, 6.45) is 5.80. The van der Waals surface area contributed by atoms with E-state index in [-0.39, 0.29) is 36.9 Å². The summed E-state index contributed by atoms with van der Waals surface area (Å²) in [6, 6.07) is 2.44. The third kappa shape index (κ3) is 8.50. The van der Waals surface area contributed by atoms with Crippen LogP contribution in [0, 0.1) is 11.6 Å². The molecule has 0 heterocycles. The minimum Gasteiger partial charge on any atom is -0.309 e. The summed E-state index contributed by atoms with van der Waals surface area (Å²) in [4.78, 5) is 0. The Balaban J connectivity index is 2.89. The molecule has 0 N–H and O–H groups in total. The summed E-state index contributed by atoms with van der Waals surface area (Å²) in [5, 5.41) is 0. The van der Waals surface area contributed by atoms with Crippen molar-refractivity contribution in [1.82, 2.24) is 0 Å². The summed E-state index contributed by atoms with van der Waals surface area (Å²) in [5.74, 6) is -1.28. The van der Waals surface area contributed by atoms with Crippen molar-refractivity contribution in [2.45, 2.75) is 60.0 Å². The van der Waals surface area contributed by atoms with Gasteiger partial charge in [0.15, 0.2) is 0 Å². The van der Waals surface area contributed by atoms with E-state index in [1.165, 1.54) is 17.7 Å². The number of allylic oxidation sites excluding steroid dienone is 4. The molecule has 152 valence electrons. The van der Waals surface area contributed by atoms with Crippen LogP contribution in [0.3, 0.4) is 0 Å². The maximum Gasteiger partial charge on any atom is 0.335 e. The first-order valence-electron chi connectivity index (χ1n) is 9.34. The first-order valence-corrected chi connectivity index (χ1v) is 11.1. The average Bonchev–Trinajstić information content (AvgIpc) is 2.53. The van der Waals surface area contributed by atoms with Crippen molar-refractivity contribution in [2.75, 3.05) is 13.2 Å². The van der Waals surface area contributed by atoms with Crippen molar-refractivity contribution in [3.8, 4) is 0 Å². The summed E-state index contributed by atoms with van der Waals surface area (Å²) in [6.45, 7) is 9.85. The predicted molar refractivity (Wildman–Crippen MR) is 107 cm³/mol. The molecule has 0 aromatic heterocycles. The highest BCUT2D eigenvalue weighted by Crippen LogP contribution is 2.51. The zero-order valence-electron chi connectivity index (χ0n) is 17.0. The van der Waals surface area contributed by atoms with Gasteiger partial charge in [-0.1, -0.05) is 23.3 Å². The molecule has 0 bridgehead atoms. The topological polar surface area (TPSA) is 35.5 Å². The largest absolute Gasteiger partial charge is 0.335 e. The maximum absolute atomic E-state index is 14.4. The monoisotopic (exact) mass is 400 g/mol. The van der Waals surface area contributed by atoms with Crippen molar-refractivity contribution in [3.05, 3.63) is 58.2 Å². The Morgan fingerprint density at radius 1 is 1.04 bits per heavy atom. The van der Waals surface area contributed by atoms with Crippen LogP contribution in [0.2, 0.25) is 0 Å². The highest BCUT2D eigenvalue weighted by Gasteiger charge is 2.25. The second kappa shape index (κ2) is 11.5. The highest BCUT2D eigenvalue weighted by molar-refractivity contribution is 7.53. The van der Waals surface area contributed by atoms with Gasteiger partial charge in [-0.25, -0.2) is 8.78 Å². The van der Waals surface area contributed by atoms with Crippen LogP contribution in [0.15, 0.2) is 35.4 Å². The Morgan fingerprint density at radius 2 is 1.59 bits per heavy atom. The van der Waals surface area contributed by atoms with Gasteiger partial charge in [0.2, 0.25) is 0 Å². The summed E-state index contributed by atoms with van der Waals surface area (Å²) < 4.78 is 51.8. The van der Waals surface area contributed by atoms with Gasteiger partial charge in [-0.2, -0.15) is 0 Å². The van der Waals surface area contributed by atoms with E-state index in [0.29, 0.717) is 0 Å². The molecule has 6 heteroatoms. The molecule has 0 spiro atoms. The van der Waals surface area contributed by atoms with Crippen LogP contribution in [0.4, 0.5) is 8.78 Å². The maximum atomic E-state index is 14.4. The zero-order chi connectivity index (χ0) is 20.4. The minimum absolute atomic E-state index is 0.0166. The van der Waals surface area contributed by atoms with Gasteiger partial charge in [-0.05, 0) is 71.6 Å². The standard InChI is InChI=1S/C21H31F2O3P/c1-6-25-27(24,26-7-2)15-18-13-20(22)19(21(23)14-18)12-11-17(5)10-8-9-16(3)4/h9,11,13-14H,6-8,10,12,15H2,1-5H3. The Hall–Kier alpha value is -1.29. The number of hydrogen-bond donors (Lipinski definition) is 0. The normalized spacial score (nSPS) is 12.3. The van der Waals surface area contributed by atoms with Gasteiger partial charge >= 0.3 is 7.60 Å². The molecule has 0 aliphatic carbocycles. The highest BCUT2D eigenvalue weighted by atomic mass is 31.2. The molecule has 0 radical (unpaired) electrons. The third-order valence-corrected chi connectivity index (χ3v) is 6.03. The minimum atomic E-state index is -3.40. The quantitative estimate of drug-likeness (QED) is 0.297. The van der Waals surface area contributed by atoms with E-state index in [1.54, 1.807) is 13.8 Å². The molecule has 0 aliphatic heterocycles. The Labute approximate surface area is 162 Å². The molecular weight excluding hydrogens is 369 g/mol. The molecule has 3 nitrogen and oxygen atoms in total. The molecular formula is C21H31F2O3P. The number of hydrogen-bond acceptors (Lipinski definition) is 3. The molecule has 27 heavy (non-hydrogen) atoms. The van der Waals surface area contributed by atoms with Crippen LogP contribution < -0.4 is 0 Å². The summed E-state index contributed by atoms with van der Waals surface area (Å²) in [7, 11) is -3.40. The molecule has 0 aliphatic rings. The van der Waals surface area contributed by atoms with Crippen LogP contribution in [0.5, 0.6) is 0 Å². The van der Waals surface area contributed by atoms with Crippen LogP contribution in [0.25, 0.3) is 0 Å². The lowest BCUT2D eigenvalue weighted by Gasteiger charge is -2.17. The van der Waals surface area contributed by atoms with Crippen molar-refractivity contribution >= 4 is 7.60 Å². The van der Waals surface area contributed by atoms with Crippen LogP contribution in [0.1, 0.15) is 58.6 Å². The molecule has 1 aromatic rings. The molecule has 1 rings (SSSR count). The number of halogens is 2. The third-order valence-electron chi connectivity index (χ3n) is 3.97. The van der Waals surface area contributed by atoms with Crippen molar-refractivity contribution in [1.29, 1.82) is 0 Å². The molecule has 0 saturated heterocycles. The molecule has 0 fully saturated rings. The number of benzene rings is 1. The molecule has 0 unspecified atom stereocenters. The first-order chi connectivity index (χ1) is 12.7. The van der Waals surface area contributed by atoms with Gasteiger partial charge in [0, 0.05) is 5.56 Å². The molecule has 1 aromatic carbocycles.